The molecule has 1 aliphatic rings. The van der Waals surface area contributed by atoms with Crippen LogP contribution < -0.4 is 4.90 Å². The molecule has 1 aromatic heterocycles. The fourth-order valence-corrected chi connectivity index (χ4v) is 2.83. The number of non-ortho nitro benzene ring substituents is 2. The number of aromatic nitrogens is 1. The van der Waals surface area contributed by atoms with Crippen molar-refractivity contribution in [2.75, 3.05) is 31.1 Å². The standard InChI is InChI=1S/C16H15N5O5/c22-16(12-9-14(20(23)24)11-15(10-12)21(25)26)19-7-5-18(6-8-19)13-1-3-17-4-2-13/h1-4,9-11H,5-8H2. The van der Waals surface area contributed by atoms with Crippen LogP contribution in [0.5, 0.6) is 0 Å². The molecule has 1 fully saturated rings. The zero-order valence-electron chi connectivity index (χ0n) is 13.6. The molecule has 26 heavy (non-hydrogen) atoms. The highest BCUT2D eigenvalue weighted by Crippen LogP contribution is 2.24. The van der Waals surface area contributed by atoms with Crippen LogP contribution >= 0.6 is 0 Å². The number of rotatable bonds is 4. The number of nitro benzene ring substituents is 2. The summed E-state index contributed by atoms with van der Waals surface area (Å²) in [7, 11) is 0. The molecule has 0 aliphatic carbocycles. The number of carbonyl (C=O) groups excluding carboxylic acids is 1. The Hall–Kier alpha value is -3.56. The van der Waals surface area contributed by atoms with E-state index in [1.807, 2.05) is 12.1 Å². The van der Waals surface area contributed by atoms with Crippen LogP contribution in [0.3, 0.4) is 0 Å². The lowest BCUT2D eigenvalue weighted by atomic mass is 10.1. The van der Waals surface area contributed by atoms with E-state index < -0.39 is 27.1 Å². The maximum Gasteiger partial charge on any atom is 0.277 e. The fraction of sp³-hybridized carbons (Fsp3) is 0.250. The number of pyridine rings is 1. The summed E-state index contributed by atoms with van der Waals surface area (Å²) in [5.41, 5.74) is -0.00251. The molecule has 3 rings (SSSR count). The molecule has 2 heterocycles. The molecule has 134 valence electrons. The summed E-state index contributed by atoms with van der Waals surface area (Å²) in [6.45, 7) is 2.01. The Morgan fingerprint density at radius 1 is 0.923 bits per heavy atom. The van der Waals surface area contributed by atoms with Gasteiger partial charge >= 0.3 is 0 Å². The maximum atomic E-state index is 12.6. The molecule has 1 aromatic carbocycles. The Labute approximate surface area is 148 Å². The van der Waals surface area contributed by atoms with E-state index in [2.05, 4.69) is 9.88 Å². The molecule has 1 aliphatic heterocycles. The number of carbonyl (C=O) groups is 1. The Bertz CT molecular complexity index is 817. The third-order valence-corrected chi connectivity index (χ3v) is 4.17. The normalized spacial score (nSPS) is 14.2. The molecule has 0 atom stereocenters. The van der Waals surface area contributed by atoms with Crippen molar-refractivity contribution in [3.63, 3.8) is 0 Å². The zero-order chi connectivity index (χ0) is 18.7. The molecule has 1 amide bonds. The minimum atomic E-state index is -0.745. The highest BCUT2D eigenvalue weighted by atomic mass is 16.6. The molecule has 0 bridgehead atoms. The minimum Gasteiger partial charge on any atom is -0.368 e. The summed E-state index contributed by atoms with van der Waals surface area (Å²) < 4.78 is 0. The SMILES string of the molecule is O=C(c1cc([N+](=O)[O-])cc([N+](=O)[O-])c1)N1CCN(c2ccncc2)CC1. The van der Waals surface area contributed by atoms with Crippen LogP contribution in [0.1, 0.15) is 10.4 Å². The van der Waals surface area contributed by atoms with Crippen LogP contribution in [-0.4, -0.2) is 51.8 Å². The van der Waals surface area contributed by atoms with E-state index in [0.717, 1.165) is 23.9 Å². The number of benzene rings is 1. The summed E-state index contributed by atoms with van der Waals surface area (Å²) in [5.74, 6) is -0.453. The molecule has 0 N–H and O–H groups in total. The molecule has 1 saturated heterocycles. The predicted octanol–water partition coefficient (Wildman–Crippen LogP) is 1.86. The molecular formula is C16H15N5O5. The first-order valence-electron chi connectivity index (χ1n) is 7.84. The fourth-order valence-electron chi connectivity index (χ4n) is 2.83. The number of piperazine rings is 1. The maximum absolute atomic E-state index is 12.6. The number of hydrogen-bond donors (Lipinski definition) is 0. The lowest BCUT2D eigenvalue weighted by Gasteiger charge is -2.36. The molecule has 10 heteroatoms. The van der Waals surface area contributed by atoms with E-state index in [1.54, 1.807) is 17.3 Å². The van der Waals surface area contributed by atoms with E-state index in [0.29, 0.717) is 26.2 Å². The topological polar surface area (TPSA) is 123 Å². The molecule has 2 aromatic rings. The van der Waals surface area contributed by atoms with Gasteiger partial charge in [0.2, 0.25) is 0 Å². The Morgan fingerprint density at radius 3 is 1.96 bits per heavy atom. The van der Waals surface area contributed by atoms with Gasteiger partial charge in [0.15, 0.2) is 0 Å². The van der Waals surface area contributed by atoms with Crippen molar-refractivity contribution in [1.82, 2.24) is 9.88 Å². The summed E-state index contributed by atoms with van der Waals surface area (Å²) in [6, 6.07) is 6.75. The zero-order valence-corrected chi connectivity index (χ0v) is 13.6. The van der Waals surface area contributed by atoms with Gasteiger partial charge in [0.05, 0.1) is 21.5 Å². The summed E-state index contributed by atoms with van der Waals surface area (Å²) in [4.78, 5) is 40.7. The first kappa shape index (κ1) is 17.3. The average Bonchev–Trinajstić information content (AvgIpc) is 2.67. The van der Waals surface area contributed by atoms with E-state index in [4.69, 9.17) is 0 Å². The highest BCUT2D eigenvalue weighted by Gasteiger charge is 2.26. The second kappa shape index (κ2) is 7.13. The van der Waals surface area contributed by atoms with Crippen molar-refractivity contribution in [2.24, 2.45) is 0 Å². The number of anilines is 1. The summed E-state index contributed by atoms with van der Waals surface area (Å²) in [6.07, 6.45) is 3.38. The number of hydrogen-bond acceptors (Lipinski definition) is 7. The van der Waals surface area contributed by atoms with Crippen LogP contribution in [0.2, 0.25) is 0 Å². The van der Waals surface area contributed by atoms with Gasteiger partial charge in [-0.25, -0.2) is 0 Å². The molecule has 0 saturated carbocycles. The van der Waals surface area contributed by atoms with Crippen molar-refractivity contribution < 1.29 is 14.6 Å². The summed E-state index contributed by atoms with van der Waals surface area (Å²) >= 11 is 0. The van der Waals surface area contributed by atoms with Crippen molar-refractivity contribution in [3.05, 3.63) is 68.5 Å². The summed E-state index contributed by atoms with van der Waals surface area (Å²) in [5, 5.41) is 21.9. The van der Waals surface area contributed by atoms with Gasteiger partial charge in [-0.05, 0) is 12.1 Å². The monoisotopic (exact) mass is 357 g/mol. The molecule has 0 spiro atoms. The van der Waals surface area contributed by atoms with Gasteiger partial charge in [-0.3, -0.25) is 30.0 Å². The molecule has 0 unspecified atom stereocenters. The lowest BCUT2D eigenvalue weighted by molar-refractivity contribution is -0.394. The molecule has 10 nitrogen and oxygen atoms in total. The first-order valence-corrected chi connectivity index (χ1v) is 7.84. The predicted molar refractivity (Wildman–Crippen MR) is 92.1 cm³/mol. The van der Waals surface area contributed by atoms with Crippen molar-refractivity contribution in [3.8, 4) is 0 Å². The lowest BCUT2D eigenvalue weighted by Crippen LogP contribution is -2.48. The Kier molecular flexibility index (Phi) is 4.74. The van der Waals surface area contributed by atoms with Gasteiger partial charge in [-0.15, -0.1) is 0 Å². The smallest absolute Gasteiger partial charge is 0.277 e. The first-order chi connectivity index (χ1) is 12.5. The number of amides is 1. The van der Waals surface area contributed by atoms with Gasteiger partial charge < -0.3 is 9.80 Å². The quantitative estimate of drug-likeness (QED) is 0.604. The van der Waals surface area contributed by atoms with E-state index in [9.17, 15) is 25.0 Å². The average molecular weight is 357 g/mol. The van der Waals surface area contributed by atoms with Crippen LogP contribution in [0.25, 0.3) is 0 Å². The molecular weight excluding hydrogens is 342 g/mol. The molecule has 0 radical (unpaired) electrons. The highest BCUT2D eigenvalue weighted by molar-refractivity contribution is 5.95. The number of nitrogens with zero attached hydrogens (tertiary/aromatic N) is 5. The van der Waals surface area contributed by atoms with Gasteiger partial charge in [-0.1, -0.05) is 0 Å². The van der Waals surface area contributed by atoms with Crippen molar-refractivity contribution in [1.29, 1.82) is 0 Å². The van der Waals surface area contributed by atoms with E-state index in [-0.39, 0.29) is 5.56 Å². The van der Waals surface area contributed by atoms with Crippen LogP contribution in [-0.2, 0) is 0 Å². The second-order valence-corrected chi connectivity index (χ2v) is 5.74. The van der Waals surface area contributed by atoms with Gasteiger partial charge in [-0.2, -0.15) is 0 Å². The Balaban J connectivity index is 1.76. The van der Waals surface area contributed by atoms with E-state index >= 15 is 0 Å². The third kappa shape index (κ3) is 3.58. The minimum absolute atomic E-state index is 0.0525. The van der Waals surface area contributed by atoms with Crippen LogP contribution in [0.15, 0.2) is 42.7 Å². The van der Waals surface area contributed by atoms with Gasteiger partial charge in [0.25, 0.3) is 17.3 Å². The Morgan fingerprint density at radius 2 is 1.46 bits per heavy atom. The van der Waals surface area contributed by atoms with Crippen LogP contribution in [0.4, 0.5) is 17.1 Å². The second-order valence-electron chi connectivity index (χ2n) is 5.74. The van der Waals surface area contributed by atoms with Gasteiger partial charge in [0, 0.05) is 56.4 Å². The van der Waals surface area contributed by atoms with Crippen LogP contribution in [0, 0.1) is 20.2 Å². The number of nitro groups is 2. The van der Waals surface area contributed by atoms with Crippen molar-refractivity contribution >= 4 is 23.0 Å². The van der Waals surface area contributed by atoms with Gasteiger partial charge in [0.1, 0.15) is 0 Å². The third-order valence-electron chi connectivity index (χ3n) is 4.17. The largest absolute Gasteiger partial charge is 0.368 e. The van der Waals surface area contributed by atoms with E-state index in [1.165, 1.54) is 0 Å². The van der Waals surface area contributed by atoms with Crippen molar-refractivity contribution in [2.45, 2.75) is 0 Å².